The molecule has 0 aliphatic rings. The van der Waals surface area contributed by atoms with Crippen molar-refractivity contribution in [2.24, 2.45) is 5.16 Å². The van der Waals surface area contributed by atoms with Crippen LogP contribution in [-0.2, 0) is 4.57 Å². The third-order valence-electron chi connectivity index (χ3n) is 3.70. The predicted molar refractivity (Wildman–Crippen MR) is 81.7 cm³/mol. The van der Waals surface area contributed by atoms with Gasteiger partial charge in [0.25, 0.3) is 0 Å². The number of rotatable bonds is 11. The third kappa shape index (κ3) is 8.43. The maximum atomic E-state index is 12.1. The summed E-state index contributed by atoms with van der Waals surface area (Å²) in [6.45, 7) is 5.44. The number of oxime groups is 1. The monoisotopic (exact) mass is 291 g/mol. The number of hydrogen-bond acceptors (Lipinski definition) is 3. The molecular formula is C14H30NO3P. The van der Waals surface area contributed by atoms with E-state index in [-0.39, 0.29) is 0 Å². The molecule has 0 aromatic carbocycles. The molecule has 0 aromatic rings. The SMILES string of the molecule is CCCCCCCCCCP(=O)(O)C(C)C(C)=NO. The summed E-state index contributed by atoms with van der Waals surface area (Å²) in [5, 5.41) is 11.7. The number of hydrogen-bond donors (Lipinski definition) is 2. The van der Waals surface area contributed by atoms with Crippen molar-refractivity contribution in [3.8, 4) is 0 Å². The van der Waals surface area contributed by atoms with E-state index >= 15 is 0 Å². The molecule has 0 aliphatic carbocycles. The van der Waals surface area contributed by atoms with Gasteiger partial charge in [-0.05, 0) is 20.3 Å². The van der Waals surface area contributed by atoms with Crippen LogP contribution in [-0.4, -0.2) is 27.6 Å². The van der Waals surface area contributed by atoms with E-state index in [1.807, 2.05) is 0 Å². The van der Waals surface area contributed by atoms with Crippen LogP contribution in [0.4, 0.5) is 0 Å². The van der Waals surface area contributed by atoms with Crippen LogP contribution in [0, 0.1) is 0 Å². The Kier molecular flexibility index (Phi) is 10.3. The van der Waals surface area contributed by atoms with Gasteiger partial charge in [-0.25, -0.2) is 0 Å². The molecule has 0 aliphatic heterocycles. The van der Waals surface area contributed by atoms with Gasteiger partial charge >= 0.3 is 0 Å². The molecule has 0 saturated heterocycles. The molecule has 2 N–H and O–H groups in total. The van der Waals surface area contributed by atoms with Gasteiger partial charge in [0.1, 0.15) is 0 Å². The first kappa shape index (κ1) is 18.7. The Bertz CT molecular complexity index is 305. The lowest BCUT2D eigenvalue weighted by molar-refractivity contribution is 0.317. The van der Waals surface area contributed by atoms with Crippen molar-refractivity contribution in [3.63, 3.8) is 0 Å². The van der Waals surface area contributed by atoms with E-state index in [2.05, 4.69) is 12.1 Å². The quantitative estimate of drug-likeness (QED) is 0.191. The largest absolute Gasteiger partial charge is 0.411 e. The molecule has 0 spiro atoms. The molecule has 19 heavy (non-hydrogen) atoms. The number of nitrogens with zero attached hydrogens (tertiary/aromatic N) is 1. The second-order valence-electron chi connectivity index (χ2n) is 5.37. The lowest BCUT2D eigenvalue weighted by atomic mass is 10.1. The molecule has 0 rings (SSSR count). The maximum Gasteiger partial charge on any atom is 0.208 e. The molecule has 2 atom stereocenters. The van der Waals surface area contributed by atoms with Gasteiger partial charge in [-0.2, -0.15) is 0 Å². The zero-order chi connectivity index (χ0) is 14.7. The van der Waals surface area contributed by atoms with E-state index in [9.17, 15) is 9.46 Å². The van der Waals surface area contributed by atoms with Crippen molar-refractivity contribution in [1.82, 2.24) is 0 Å². The van der Waals surface area contributed by atoms with Gasteiger partial charge in [-0.1, -0.05) is 57.0 Å². The molecule has 0 saturated carbocycles. The standard InChI is InChI=1S/C14H30NO3P/c1-4-5-6-7-8-9-10-11-12-19(17,18)14(3)13(2)15-16/h14,16H,4-12H2,1-3H3,(H,17,18). The third-order valence-corrected chi connectivity index (χ3v) is 6.24. The van der Waals surface area contributed by atoms with Crippen molar-refractivity contribution in [2.45, 2.75) is 77.8 Å². The lowest BCUT2D eigenvalue weighted by Crippen LogP contribution is -2.16. The lowest BCUT2D eigenvalue weighted by Gasteiger charge is -2.18. The van der Waals surface area contributed by atoms with E-state index in [0.717, 1.165) is 19.3 Å². The maximum absolute atomic E-state index is 12.1. The Morgan fingerprint density at radius 1 is 1.11 bits per heavy atom. The normalized spacial score (nSPS) is 17.2. The minimum Gasteiger partial charge on any atom is -0.411 e. The number of unbranched alkanes of at least 4 members (excludes halogenated alkanes) is 7. The van der Waals surface area contributed by atoms with Gasteiger partial charge in [0.15, 0.2) is 0 Å². The smallest absolute Gasteiger partial charge is 0.208 e. The van der Waals surface area contributed by atoms with Crippen LogP contribution in [0.2, 0.25) is 0 Å². The predicted octanol–water partition coefficient (Wildman–Crippen LogP) is 4.64. The molecule has 0 heterocycles. The summed E-state index contributed by atoms with van der Waals surface area (Å²) < 4.78 is 12.1. The van der Waals surface area contributed by atoms with Crippen molar-refractivity contribution in [1.29, 1.82) is 0 Å². The first-order chi connectivity index (χ1) is 8.95. The summed E-state index contributed by atoms with van der Waals surface area (Å²) in [5.41, 5.74) is -0.201. The Hall–Kier alpha value is -0.340. The van der Waals surface area contributed by atoms with Gasteiger partial charge in [-0.15, -0.1) is 0 Å². The highest BCUT2D eigenvalue weighted by Crippen LogP contribution is 2.47. The molecular weight excluding hydrogens is 261 g/mol. The highest BCUT2D eigenvalue weighted by atomic mass is 31.2. The summed E-state index contributed by atoms with van der Waals surface area (Å²) in [7, 11) is -3.21. The van der Waals surface area contributed by atoms with Crippen LogP contribution in [0.15, 0.2) is 5.16 Å². The first-order valence-electron chi connectivity index (χ1n) is 7.45. The average molecular weight is 291 g/mol. The minimum absolute atomic E-state index is 0.329. The summed E-state index contributed by atoms with van der Waals surface area (Å²) in [5.74, 6) is 0. The zero-order valence-corrected chi connectivity index (χ0v) is 13.5. The van der Waals surface area contributed by atoms with E-state index in [1.54, 1.807) is 13.8 Å². The van der Waals surface area contributed by atoms with Crippen molar-refractivity contribution >= 4 is 13.1 Å². The Morgan fingerprint density at radius 2 is 1.58 bits per heavy atom. The van der Waals surface area contributed by atoms with Crippen molar-refractivity contribution in [2.75, 3.05) is 6.16 Å². The molecule has 0 aromatic heterocycles. The highest BCUT2D eigenvalue weighted by Gasteiger charge is 2.28. The second kappa shape index (κ2) is 10.4. The van der Waals surface area contributed by atoms with Gasteiger partial charge in [0.2, 0.25) is 7.37 Å². The van der Waals surface area contributed by atoms with E-state index in [1.165, 1.54) is 32.1 Å². The molecule has 0 bridgehead atoms. The van der Waals surface area contributed by atoms with Crippen LogP contribution in [0.1, 0.15) is 72.1 Å². The molecule has 0 radical (unpaired) electrons. The van der Waals surface area contributed by atoms with Crippen molar-refractivity contribution < 1.29 is 14.7 Å². The van der Waals surface area contributed by atoms with Gasteiger partial charge in [-0.3, -0.25) is 4.57 Å². The fourth-order valence-corrected chi connectivity index (χ4v) is 3.74. The summed E-state index contributed by atoms with van der Waals surface area (Å²) in [6, 6.07) is 0. The van der Waals surface area contributed by atoms with E-state index in [4.69, 9.17) is 5.21 Å². The van der Waals surface area contributed by atoms with E-state index in [0.29, 0.717) is 11.9 Å². The zero-order valence-electron chi connectivity index (χ0n) is 12.6. The van der Waals surface area contributed by atoms with Gasteiger partial charge in [0.05, 0.1) is 11.4 Å². The van der Waals surface area contributed by atoms with Crippen LogP contribution in [0.3, 0.4) is 0 Å². The molecule has 114 valence electrons. The Labute approximate surface area is 117 Å². The topological polar surface area (TPSA) is 69.9 Å². The fourth-order valence-electron chi connectivity index (χ4n) is 2.04. The van der Waals surface area contributed by atoms with Crippen LogP contribution >= 0.6 is 7.37 Å². The summed E-state index contributed by atoms with van der Waals surface area (Å²) in [4.78, 5) is 9.92. The van der Waals surface area contributed by atoms with Crippen LogP contribution < -0.4 is 0 Å². The average Bonchev–Trinajstić information content (AvgIpc) is 2.39. The van der Waals surface area contributed by atoms with Crippen molar-refractivity contribution in [3.05, 3.63) is 0 Å². The summed E-state index contributed by atoms with van der Waals surface area (Å²) >= 11 is 0. The van der Waals surface area contributed by atoms with Gasteiger partial charge in [0, 0.05) is 6.16 Å². The molecule has 0 amide bonds. The molecule has 2 unspecified atom stereocenters. The Balaban J connectivity index is 3.73. The molecule has 0 fully saturated rings. The molecule has 5 heteroatoms. The fraction of sp³-hybridized carbons (Fsp3) is 0.929. The second-order valence-corrected chi connectivity index (χ2v) is 8.10. The van der Waals surface area contributed by atoms with Crippen LogP contribution in [0.25, 0.3) is 0 Å². The van der Waals surface area contributed by atoms with E-state index < -0.39 is 13.0 Å². The molecule has 4 nitrogen and oxygen atoms in total. The highest BCUT2D eigenvalue weighted by molar-refractivity contribution is 7.59. The first-order valence-corrected chi connectivity index (χ1v) is 9.37. The minimum atomic E-state index is -3.21. The Morgan fingerprint density at radius 3 is 2.05 bits per heavy atom. The summed E-state index contributed by atoms with van der Waals surface area (Å²) in [6.07, 6.45) is 9.64. The van der Waals surface area contributed by atoms with Gasteiger partial charge < -0.3 is 10.1 Å². The van der Waals surface area contributed by atoms with Crippen LogP contribution in [0.5, 0.6) is 0 Å².